The Morgan fingerprint density at radius 2 is 1.68 bits per heavy atom. The van der Waals surface area contributed by atoms with E-state index in [1.54, 1.807) is 37.6 Å². The zero-order valence-corrected chi connectivity index (χ0v) is 23.0. The van der Waals surface area contributed by atoms with Gasteiger partial charge in [-0.2, -0.15) is 10.1 Å². The van der Waals surface area contributed by atoms with Crippen molar-refractivity contribution in [3.63, 3.8) is 0 Å². The molecule has 9 nitrogen and oxygen atoms in total. The van der Waals surface area contributed by atoms with Crippen molar-refractivity contribution < 1.29 is 27.4 Å². The van der Waals surface area contributed by atoms with E-state index in [1.165, 1.54) is 35.2 Å². The number of halogens is 3. The van der Waals surface area contributed by atoms with Crippen molar-refractivity contribution in [1.29, 1.82) is 0 Å². The van der Waals surface area contributed by atoms with E-state index in [2.05, 4.69) is 19.8 Å². The topological polar surface area (TPSA) is 114 Å². The molecular weight excluding hydrogens is 557 g/mol. The molecule has 2 N–H and O–H groups in total. The molecule has 1 aliphatic rings. The number of hydrogen-bond acceptors (Lipinski definition) is 7. The largest absolute Gasteiger partial charge is 0.573 e. The number of nitrogens with two attached hydrogens (primary N) is 1. The second-order valence-electron chi connectivity index (χ2n) is 8.67. The minimum Gasteiger partial charge on any atom is -0.497 e. The van der Waals surface area contributed by atoms with E-state index in [0.717, 1.165) is 40.3 Å². The molecule has 1 fully saturated rings. The van der Waals surface area contributed by atoms with Crippen molar-refractivity contribution in [2.45, 2.75) is 20.2 Å². The van der Waals surface area contributed by atoms with Crippen molar-refractivity contribution in [3.05, 3.63) is 82.9 Å². The average molecular weight is 583 g/mol. The van der Waals surface area contributed by atoms with E-state index < -0.39 is 6.36 Å². The number of alkyl halides is 3. The summed E-state index contributed by atoms with van der Waals surface area (Å²) >= 11 is 1.32. The van der Waals surface area contributed by atoms with Crippen molar-refractivity contribution in [1.82, 2.24) is 5.01 Å². The Labute approximate surface area is 238 Å². The monoisotopic (exact) mass is 582 g/mol. The van der Waals surface area contributed by atoms with Crippen LogP contribution < -0.4 is 15.2 Å². The number of hydrogen-bond donors (Lipinski definition) is 1. The lowest BCUT2D eigenvalue weighted by Crippen LogP contribution is -2.23. The lowest BCUT2D eigenvalue weighted by Gasteiger charge is -2.12. The molecule has 0 aromatic heterocycles. The van der Waals surface area contributed by atoms with E-state index in [-0.39, 0.29) is 23.2 Å². The second-order valence-corrected chi connectivity index (χ2v) is 9.61. The minimum absolute atomic E-state index is 0.177. The van der Waals surface area contributed by atoms with Gasteiger partial charge in [0.05, 0.1) is 30.5 Å². The molecule has 212 valence electrons. The van der Waals surface area contributed by atoms with Crippen LogP contribution in [0.1, 0.15) is 22.3 Å². The molecule has 13 heteroatoms. The van der Waals surface area contributed by atoms with Gasteiger partial charge in [0.1, 0.15) is 23.7 Å². The maximum atomic E-state index is 12.5. The van der Waals surface area contributed by atoms with Gasteiger partial charge in [0.25, 0.3) is 5.91 Å². The Hall–Kier alpha value is -4.65. The van der Waals surface area contributed by atoms with Gasteiger partial charge in [-0.05, 0) is 66.9 Å². The van der Waals surface area contributed by atoms with E-state index in [1.807, 2.05) is 26.0 Å². The first-order valence-electron chi connectivity index (χ1n) is 12.1. The highest BCUT2D eigenvalue weighted by Gasteiger charge is 2.31. The SMILES string of the molecule is COc1cc(C)c(N=C2SCC(=O)N2/N=C/c2ccc(C(N)=NC=Nc3ccc(OC(F)(F)F)cc3)cc2)c(C)c1. The summed E-state index contributed by atoms with van der Waals surface area (Å²) in [5.74, 6) is 0.637. The number of thioether (sulfide) groups is 1. The number of ether oxygens (including phenoxy) is 2. The molecule has 3 aromatic rings. The van der Waals surface area contributed by atoms with Crippen LogP contribution in [0.25, 0.3) is 0 Å². The molecule has 0 unspecified atom stereocenters. The molecule has 0 bridgehead atoms. The summed E-state index contributed by atoms with van der Waals surface area (Å²) in [6.45, 7) is 3.86. The first kappa shape index (κ1) is 29.3. The molecule has 1 heterocycles. The number of nitrogens with zero attached hydrogens (tertiary/aromatic N) is 5. The van der Waals surface area contributed by atoms with E-state index in [0.29, 0.717) is 16.4 Å². The van der Waals surface area contributed by atoms with E-state index in [4.69, 9.17) is 15.5 Å². The van der Waals surface area contributed by atoms with Crippen molar-refractivity contribution in [2.24, 2.45) is 25.8 Å². The Morgan fingerprint density at radius 1 is 1.02 bits per heavy atom. The number of carbonyl (C=O) groups excluding carboxylic acids is 1. The number of methoxy groups -OCH3 is 1. The summed E-state index contributed by atoms with van der Waals surface area (Å²) in [6.07, 6.45) is -2.01. The number of hydrazone groups is 1. The molecule has 1 aliphatic heterocycles. The van der Waals surface area contributed by atoms with Crippen LogP contribution >= 0.6 is 11.8 Å². The van der Waals surface area contributed by atoms with E-state index >= 15 is 0 Å². The first-order chi connectivity index (χ1) is 19.5. The zero-order chi connectivity index (χ0) is 29.6. The average Bonchev–Trinajstić information content (AvgIpc) is 3.28. The predicted octanol–water partition coefficient (Wildman–Crippen LogP) is 5.87. The summed E-state index contributed by atoms with van der Waals surface area (Å²) in [7, 11) is 1.61. The number of benzene rings is 3. The second kappa shape index (κ2) is 12.7. The van der Waals surface area contributed by atoms with Crippen LogP contribution in [-0.4, -0.2) is 53.7 Å². The van der Waals surface area contributed by atoms with Gasteiger partial charge in [-0.15, -0.1) is 13.2 Å². The quantitative estimate of drug-likeness (QED) is 0.264. The summed E-state index contributed by atoms with van der Waals surface area (Å²) in [4.78, 5) is 25.3. The van der Waals surface area contributed by atoms with Crippen molar-refractivity contribution in [2.75, 3.05) is 12.9 Å². The minimum atomic E-state index is -4.76. The molecule has 0 aliphatic carbocycles. The number of amides is 1. The van der Waals surface area contributed by atoms with Crippen LogP contribution in [0.3, 0.4) is 0 Å². The summed E-state index contributed by atoms with van der Waals surface area (Å²) in [5, 5.41) is 6.13. The van der Waals surface area contributed by atoms with Gasteiger partial charge in [-0.1, -0.05) is 36.0 Å². The Bertz CT molecular complexity index is 1510. The predicted molar refractivity (Wildman–Crippen MR) is 155 cm³/mol. The van der Waals surface area contributed by atoms with Gasteiger partial charge >= 0.3 is 6.36 Å². The third-order valence-electron chi connectivity index (χ3n) is 5.65. The fourth-order valence-electron chi connectivity index (χ4n) is 3.69. The fraction of sp³-hybridized carbons (Fsp3) is 0.179. The van der Waals surface area contributed by atoms with Gasteiger partial charge in [0.15, 0.2) is 5.17 Å². The lowest BCUT2D eigenvalue weighted by molar-refractivity contribution is -0.274. The van der Waals surface area contributed by atoms with Gasteiger partial charge in [0, 0.05) is 5.56 Å². The highest BCUT2D eigenvalue weighted by molar-refractivity contribution is 8.15. The highest BCUT2D eigenvalue weighted by atomic mass is 32.2. The number of aryl methyl sites for hydroxylation is 2. The Balaban J connectivity index is 1.42. The number of amidine groups is 2. The van der Waals surface area contributed by atoms with Crippen LogP contribution in [-0.2, 0) is 4.79 Å². The molecule has 0 radical (unpaired) electrons. The molecule has 1 saturated heterocycles. The van der Waals surface area contributed by atoms with Gasteiger partial charge in [0.2, 0.25) is 0 Å². The smallest absolute Gasteiger partial charge is 0.497 e. The maximum absolute atomic E-state index is 12.5. The summed E-state index contributed by atoms with van der Waals surface area (Å²) in [5.41, 5.74) is 10.3. The molecule has 0 saturated carbocycles. The number of rotatable bonds is 8. The fourth-order valence-corrected chi connectivity index (χ4v) is 4.49. The van der Waals surface area contributed by atoms with Gasteiger partial charge in [-0.3, -0.25) is 4.79 Å². The molecule has 1 amide bonds. The highest BCUT2D eigenvalue weighted by Crippen LogP contribution is 2.32. The summed E-state index contributed by atoms with van der Waals surface area (Å²) in [6, 6.07) is 15.8. The third-order valence-corrected chi connectivity index (χ3v) is 6.57. The van der Waals surface area contributed by atoms with Gasteiger partial charge < -0.3 is 15.2 Å². The van der Waals surface area contributed by atoms with Crippen LogP contribution in [0.15, 0.2) is 80.7 Å². The molecular formula is C28H25F3N6O3S. The molecule has 41 heavy (non-hydrogen) atoms. The lowest BCUT2D eigenvalue weighted by atomic mass is 10.1. The van der Waals surface area contributed by atoms with Crippen LogP contribution in [0.4, 0.5) is 24.5 Å². The van der Waals surface area contributed by atoms with Crippen LogP contribution in [0, 0.1) is 13.8 Å². The number of aliphatic imine (C=N–C) groups is 3. The normalized spacial score (nSPS) is 15.5. The van der Waals surface area contributed by atoms with Crippen molar-refractivity contribution in [3.8, 4) is 11.5 Å². The number of carbonyl (C=O) groups is 1. The molecule has 3 aromatic carbocycles. The maximum Gasteiger partial charge on any atom is 0.573 e. The Kier molecular flexibility index (Phi) is 9.07. The van der Waals surface area contributed by atoms with Crippen LogP contribution in [0.5, 0.6) is 11.5 Å². The standard InChI is InChI=1S/C28H25F3N6O3S/c1-17-12-23(39-3)13-18(2)25(17)36-27-37(24(38)15-41-27)35-14-19-4-6-20(7-5-19)26(32)34-16-33-21-8-10-22(11-9-21)40-28(29,30)31/h4-14,16H,15H2,1-3H3,(H2,32,33,34)/b35-14+,36-27?. The molecule has 0 atom stereocenters. The van der Waals surface area contributed by atoms with E-state index in [9.17, 15) is 18.0 Å². The summed E-state index contributed by atoms with van der Waals surface area (Å²) < 4.78 is 45.9. The molecule has 0 spiro atoms. The van der Waals surface area contributed by atoms with Gasteiger partial charge in [-0.25, -0.2) is 15.0 Å². The third kappa shape index (κ3) is 7.94. The molecule has 4 rings (SSSR count). The zero-order valence-electron chi connectivity index (χ0n) is 22.2. The van der Waals surface area contributed by atoms with Crippen molar-refractivity contribution >= 4 is 52.6 Å². The Morgan fingerprint density at radius 3 is 2.29 bits per heavy atom. The first-order valence-corrected chi connectivity index (χ1v) is 13.1. The van der Waals surface area contributed by atoms with Crippen LogP contribution in [0.2, 0.25) is 0 Å².